The molecule has 0 aliphatic carbocycles. The van der Waals surface area contributed by atoms with Gasteiger partial charge in [0.25, 0.3) is 6.43 Å². The van der Waals surface area contributed by atoms with E-state index in [9.17, 15) is 8.78 Å². The third-order valence-corrected chi connectivity index (χ3v) is 2.95. The summed E-state index contributed by atoms with van der Waals surface area (Å²) in [6.07, 6.45) is -1.21. The second-order valence-corrected chi connectivity index (χ2v) is 4.54. The van der Waals surface area contributed by atoms with Gasteiger partial charge in [0.15, 0.2) is 0 Å². The SMILES string of the molecule is CCCNC(C)c1ccc(N(C)CC(F)F)cc1. The van der Waals surface area contributed by atoms with Crippen molar-refractivity contribution in [3.05, 3.63) is 29.8 Å². The quantitative estimate of drug-likeness (QED) is 0.804. The topological polar surface area (TPSA) is 15.3 Å². The molecule has 0 aromatic heterocycles. The van der Waals surface area contributed by atoms with Gasteiger partial charge in [-0.1, -0.05) is 19.1 Å². The number of alkyl halides is 2. The van der Waals surface area contributed by atoms with E-state index in [1.54, 1.807) is 11.9 Å². The molecule has 18 heavy (non-hydrogen) atoms. The highest BCUT2D eigenvalue weighted by molar-refractivity contribution is 5.47. The van der Waals surface area contributed by atoms with Gasteiger partial charge in [0.1, 0.15) is 0 Å². The molecule has 102 valence electrons. The molecular weight excluding hydrogens is 234 g/mol. The Labute approximate surface area is 108 Å². The first-order valence-electron chi connectivity index (χ1n) is 6.37. The fraction of sp³-hybridized carbons (Fsp3) is 0.571. The van der Waals surface area contributed by atoms with Crippen LogP contribution in [-0.2, 0) is 0 Å². The number of hydrogen-bond donors (Lipinski definition) is 1. The number of halogens is 2. The summed E-state index contributed by atoms with van der Waals surface area (Å²) in [7, 11) is 1.68. The van der Waals surface area contributed by atoms with Crippen LogP contribution in [0.25, 0.3) is 0 Å². The largest absolute Gasteiger partial charge is 0.369 e. The zero-order chi connectivity index (χ0) is 13.5. The van der Waals surface area contributed by atoms with Crippen LogP contribution in [0.15, 0.2) is 24.3 Å². The molecule has 0 saturated heterocycles. The van der Waals surface area contributed by atoms with E-state index in [1.165, 1.54) is 5.56 Å². The predicted octanol–water partition coefficient (Wildman–Crippen LogP) is 3.45. The lowest BCUT2D eigenvalue weighted by Crippen LogP contribution is -2.24. The van der Waals surface area contributed by atoms with Crippen LogP contribution < -0.4 is 10.2 Å². The molecule has 1 atom stereocenters. The normalized spacial score (nSPS) is 12.8. The number of benzene rings is 1. The van der Waals surface area contributed by atoms with Gasteiger partial charge in [0.05, 0.1) is 6.54 Å². The van der Waals surface area contributed by atoms with Gasteiger partial charge in [0.2, 0.25) is 0 Å². The van der Waals surface area contributed by atoms with Crippen molar-refractivity contribution in [3.8, 4) is 0 Å². The molecule has 0 spiro atoms. The molecule has 4 heteroatoms. The standard InChI is InChI=1S/C14H22F2N2/c1-4-9-17-11(2)12-5-7-13(8-6-12)18(3)10-14(15)16/h5-8,11,14,17H,4,9-10H2,1-3H3. The number of anilines is 1. The van der Waals surface area contributed by atoms with E-state index in [1.807, 2.05) is 24.3 Å². The summed E-state index contributed by atoms with van der Waals surface area (Å²) < 4.78 is 24.5. The number of rotatable bonds is 7. The summed E-state index contributed by atoms with van der Waals surface area (Å²) in [4.78, 5) is 1.57. The Morgan fingerprint density at radius 2 is 1.83 bits per heavy atom. The monoisotopic (exact) mass is 256 g/mol. The van der Waals surface area contributed by atoms with Crippen molar-refractivity contribution in [2.75, 3.05) is 25.0 Å². The van der Waals surface area contributed by atoms with Crippen molar-refractivity contribution < 1.29 is 8.78 Å². The molecule has 0 aliphatic heterocycles. The van der Waals surface area contributed by atoms with Crippen molar-refractivity contribution in [2.45, 2.75) is 32.7 Å². The van der Waals surface area contributed by atoms with Crippen LogP contribution in [0.1, 0.15) is 31.9 Å². The van der Waals surface area contributed by atoms with Crippen LogP contribution in [0.3, 0.4) is 0 Å². The van der Waals surface area contributed by atoms with Crippen LogP contribution in [0.2, 0.25) is 0 Å². The third-order valence-electron chi connectivity index (χ3n) is 2.95. The second-order valence-electron chi connectivity index (χ2n) is 4.54. The van der Waals surface area contributed by atoms with Crippen LogP contribution in [-0.4, -0.2) is 26.6 Å². The molecule has 0 radical (unpaired) electrons. The van der Waals surface area contributed by atoms with Gasteiger partial charge in [-0.25, -0.2) is 8.78 Å². The molecular formula is C14H22F2N2. The zero-order valence-electron chi connectivity index (χ0n) is 11.3. The Hall–Kier alpha value is -1.16. The highest BCUT2D eigenvalue weighted by Crippen LogP contribution is 2.19. The zero-order valence-corrected chi connectivity index (χ0v) is 11.3. The van der Waals surface area contributed by atoms with Crippen LogP contribution in [0, 0.1) is 0 Å². The smallest absolute Gasteiger partial charge is 0.255 e. The molecule has 1 aromatic rings. The van der Waals surface area contributed by atoms with E-state index in [2.05, 4.69) is 19.2 Å². The molecule has 0 amide bonds. The van der Waals surface area contributed by atoms with E-state index in [0.717, 1.165) is 18.7 Å². The summed E-state index contributed by atoms with van der Waals surface area (Å²) in [6, 6.07) is 8.05. The van der Waals surface area contributed by atoms with Gasteiger partial charge in [0, 0.05) is 18.8 Å². The van der Waals surface area contributed by atoms with Crippen LogP contribution in [0.5, 0.6) is 0 Å². The van der Waals surface area contributed by atoms with E-state index < -0.39 is 6.43 Å². The second kappa shape index (κ2) is 7.31. The summed E-state index contributed by atoms with van der Waals surface area (Å²) >= 11 is 0. The average Bonchev–Trinajstić information content (AvgIpc) is 2.35. The van der Waals surface area contributed by atoms with Crippen molar-refractivity contribution in [1.29, 1.82) is 0 Å². The third kappa shape index (κ3) is 4.61. The maximum atomic E-state index is 12.3. The summed E-state index contributed by atoms with van der Waals surface area (Å²) in [5.41, 5.74) is 2.00. The maximum absolute atomic E-state index is 12.3. The minimum absolute atomic E-state index is 0.233. The van der Waals surface area contributed by atoms with E-state index in [0.29, 0.717) is 6.04 Å². The van der Waals surface area contributed by atoms with Gasteiger partial charge < -0.3 is 10.2 Å². The van der Waals surface area contributed by atoms with Crippen LogP contribution in [0.4, 0.5) is 14.5 Å². The first kappa shape index (κ1) is 14.9. The molecule has 1 aromatic carbocycles. The van der Waals surface area contributed by atoms with Crippen molar-refractivity contribution >= 4 is 5.69 Å². The lowest BCUT2D eigenvalue weighted by Gasteiger charge is -2.20. The van der Waals surface area contributed by atoms with Gasteiger partial charge in [-0.3, -0.25) is 0 Å². The molecule has 1 rings (SSSR count). The first-order chi connectivity index (χ1) is 8.54. The van der Waals surface area contributed by atoms with Crippen molar-refractivity contribution in [3.63, 3.8) is 0 Å². The molecule has 0 bridgehead atoms. The summed E-state index contributed by atoms with van der Waals surface area (Å²) in [5.74, 6) is 0. The van der Waals surface area contributed by atoms with Crippen LogP contribution >= 0.6 is 0 Å². The number of hydrogen-bond acceptors (Lipinski definition) is 2. The fourth-order valence-electron chi connectivity index (χ4n) is 1.81. The van der Waals surface area contributed by atoms with Gasteiger partial charge in [-0.2, -0.15) is 0 Å². The average molecular weight is 256 g/mol. The Bertz CT molecular complexity index is 338. The molecule has 1 unspecified atom stereocenters. The molecule has 0 heterocycles. The van der Waals surface area contributed by atoms with Gasteiger partial charge in [-0.05, 0) is 37.6 Å². The number of nitrogens with zero attached hydrogens (tertiary/aromatic N) is 1. The van der Waals surface area contributed by atoms with Gasteiger partial charge in [-0.15, -0.1) is 0 Å². The highest BCUT2D eigenvalue weighted by atomic mass is 19.3. The van der Waals surface area contributed by atoms with E-state index >= 15 is 0 Å². The minimum atomic E-state index is -2.31. The first-order valence-corrected chi connectivity index (χ1v) is 6.37. The Morgan fingerprint density at radius 1 is 1.22 bits per heavy atom. The summed E-state index contributed by atoms with van der Waals surface area (Å²) in [5, 5.41) is 3.40. The van der Waals surface area contributed by atoms with Crippen molar-refractivity contribution in [1.82, 2.24) is 5.32 Å². The summed E-state index contributed by atoms with van der Waals surface area (Å²) in [6.45, 7) is 4.98. The van der Waals surface area contributed by atoms with E-state index in [4.69, 9.17) is 0 Å². The Morgan fingerprint density at radius 3 is 2.33 bits per heavy atom. The molecule has 2 nitrogen and oxygen atoms in total. The lowest BCUT2D eigenvalue weighted by atomic mass is 10.1. The van der Waals surface area contributed by atoms with Crippen molar-refractivity contribution in [2.24, 2.45) is 0 Å². The Balaban J connectivity index is 2.61. The highest BCUT2D eigenvalue weighted by Gasteiger charge is 2.09. The maximum Gasteiger partial charge on any atom is 0.255 e. The minimum Gasteiger partial charge on any atom is -0.369 e. The lowest BCUT2D eigenvalue weighted by molar-refractivity contribution is 0.156. The Kier molecular flexibility index (Phi) is 6.05. The fourth-order valence-corrected chi connectivity index (χ4v) is 1.81. The predicted molar refractivity (Wildman–Crippen MR) is 72.4 cm³/mol. The molecule has 1 N–H and O–H groups in total. The van der Waals surface area contributed by atoms with E-state index in [-0.39, 0.29) is 6.54 Å². The van der Waals surface area contributed by atoms with Gasteiger partial charge >= 0.3 is 0 Å². The molecule has 0 saturated carbocycles. The number of nitrogens with one attached hydrogen (secondary N) is 1. The molecule has 0 aliphatic rings. The molecule has 0 fully saturated rings.